The van der Waals surface area contributed by atoms with Crippen molar-refractivity contribution in [1.29, 1.82) is 0 Å². The van der Waals surface area contributed by atoms with Crippen LogP contribution in [0.1, 0.15) is 20.0 Å². The Morgan fingerprint density at radius 1 is 1.12 bits per heavy atom. The zero-order valence-electron chi connectivity index (χ0n) is 13.8. The first-order valence-corrected chi connectivity index (χ1v) is 8.83. The lowest BCUT2D eigenvalue weighted by Crippen LogP contribution is -2.15. The molecule has 0 unspecified atom stereocenters. The third-order valence-corrected chi connectivity index (χ3v) is 5.07. The van der Waals surface area contributed by atoms with E-state index in [1.54, 1.807) is 12.1 Å². The maximum atomic E-state index is 12.6. The fraction of sp³-hybridized carbons (Fsp3) is 0.0526. The van der Waals surface area contributed by atoms with Crippen LogP contribution in [0.25, 0.3) is 10.4 Å². The predicted octanol–water partition coefficient (Wildman–Crippen LogP) is 4.69. The van der Waals surface area contributed by atoms with Crippen LogP contribution < -0.4 is 11.1 Å². The highest BCUT2D eigenvalue weighted by Crippen LogP contribution is 2.35. The molecule has 26 heavy (non-hydrogen) atoms. The van der Waals surface area contributed by atoms with Gasteiger partial charge in [-0.05, 0) is 29.8 Å². The maximum absolute atomic E-state index is 12.6. The fourth-order valence-electron chi connectivity index (χ4n) is 2.40. The Labute approximate surface area is 159 Å². The summed E-state index contributed by atoms with van der Waals surface area (Å²) in [6.07, 6.45) is 0. The standard InChI is InChI=1S/C19H15ClN2O3S/c1-25-19(24)17-15(10-16(26-17)11-5-3-2-4-6-11)22-18(23)13-8-7-12(20)9-14(13)21/h2-10H,21H2,1H3,(H,22,23). The molecule has 1 heterocycles. The summed E-state index contributed by atoms with van der Waals surface area (Å²) in [5.74, 6) is -0.946. The summed E-state index contributed by atoms with van der Waals surface area (Å²) in [5.41, 5.74) is 7.71. The minimum atomic E-state index is -0.517. The van der Waals surface area contributed by atoms with Gasteiger partial charge in [0.05, 0.1) is 18.4 Å². The highest BCUT2D eigenvalue weighted by Gasteiger charge is 2.20. The van der Waals surface area contributed by atoms with Crippen molar-refractivity contribution < 1.29 is 14.3 Å². The van der Waals surface area contributed by atoms with E-state index in [0.717, 1.165) is 10.4 Å². The number of methoxy groups -OCH3 is 1. The number of amides is 1. The first-order valence-electron chi connectivity index (χ1n) is 7.63. The van der Waals surface area contributed by atoms with Crippen molar-refractivity contribution in [2.75, 3.05) is 18.2 Å². The van der Waals surface area contributed by atoms with E-state index in [1.165, 1.54) is 30.6 Å². The Balaban J connectivity index is 1.96. The SMILES string of the molecule is COC(=O)c1sc(-c2ccccc2)cc1NC(=O)c1ccc(Cl)cc1N. The third-order valence-electron chi connectivity index (χ3n) is 3.67. The van der Waals surface area contributed by atoms with Gasteiger partial charge in [-0.2, -0.15) is 0 Å². The Bertz CT molecular complexity index is 970. The van der Waals surface area contributed by atoms with Crippen molar-refractivity contribution in [3.63, 3.8) is 0 Å². The number of nitrogens with one attached hydrogen (secondary N) is 1. The van der Waals surface area contributed by atoms with Crippen LogP contribution in [-0.4, -0.2) is 19.0 Å². The zero-order chi connectivity index (χ0) is 18.7. The molecule has 0 spiro atoms. The Kier molecular flexibility index (Phi) is 5.25. The van der Waals surface area contributed by atoms with E-state index in [1.807, 2.05) is 30.3 Å². The molecule has 0 aliphatic rings. The van der Waals surface area contributed by atoms with Crippen LogP contribution in [0.3, 0.4) is 0 Å². The number of nitrogen functional groups attached to an aromatic ring is 1. The minimum Gasteiger partial charge on any atom is -0.465 e. The molecular formula is C19H15ClN2O3S. The molecule has 0 saturated carbocycles. The second-order valence-electron chi connectivity index (χ2n) is 5.40. The van der Waals surface area contributed by atoms with Gasteiger partial charge < -0.3 is 15.8 Å². The number of hydrogen-bond acceptors (Lipinski definition) is 5. The lowest BCUT2D eigenvalue weighted by Gasteiger charge is -2.08. The predicted molar refractivity (Wildman–Crippen MR) is 105 cm³/mol. The molecule has 0 saturated heterocycles. The average Bonchev–Trinajstić information content (AvgIpc) is 3.05. The molecule has 132 valence electrons. The molecule has 0 aliphatic carbocycles. The van der Waals surface area contributed by atoms with Gasteiger partial charge in [-0.1, -0.05) is 41.9 Å². The number of anilines is 2. The van der Waals surface area contributed by atoms with Gasteiger partial charge in [0.25, 0.3) is 5.91 Å². The molecular weight excluding hydrogens is 372 g/mol. The van der Waals surface area contributed by atoms with Crippen LogP contribution in [-0.2, 0) is 4.74 Å². The summed E-state index contributed by atoms with van der Waals surface area (Å²) in [4.78, 5) is 25.8. The number of hydrogen-bond donors (Lipinski definition) is 2. The highest BCUT2D eigenvalue weighted by atomic mass is 35.5. The lowest BCUT2D eigenvalue weighted by molar-refractivity contribution is 0.0607. The first kappa shape index (κ1) is 18.0. The third kappa shape index (κ3) is 3.71. The molecule has 7 heteroatoms. The number of thiophene rings is 1. The molecule has 0 fully saturated rings. The molecule has 0 atom stereocenters. The average molecular weight is 387 g/mol. The molecule has 0 radical (unpaired) electrons. The Morgan fingerprint density at radius 3 is 2.50 bits per heavy atom. The normalized spacial score (nSPS) is 10.4. The van der Waals surface area contributed by atoms with Gasteiger partial charge in [-0.15, -0.1) is 11.3 Å². The van der Waals surface area contributed by atoms with Gasteiger partial charge >= 0.3 is 5.97 Å². The number of benzene rings is 2. The molecule has 2 aromatic carbocycles. The minimum absolute atomic E-state index is 0.258. The second kappa shape index (κ2) is 7.59. The van der Waals surface area contributed by atoms with Crippen LogP contribution in [0.2, 0.25) is 5.02 Å². The van der Waals surface area contributed by atoms with Crippen molar-refractivity contribution in [3.05, 3.63) is 70.1 Å². The van der Waals surface area contributed by atoms with Gasteiger partial charge in [0.1, 0.15) is 4.88 Å². The van der Waals surface area contributed by atoms with Crippen LogP contribution in [0, 0.1) is 0 Å². The molecule has 5 nitrogen and oxygen atoms in total. The molecule has 0 aliphatic heterocycles. The molecule has 1 aromatic heterocycles. The number of halogens is 1. The molecule has 3 aromatic rings. The van der Waals surface area contributed by atoms with Gasteiger partial charge in [0.2, 0.25) is 0 Å². The van der Waals surface area contributed by atoms with Gasteiger partial charge in [0, 0.05) is 15.6 Å². The van der Waals surface area contributed by atoms with E-state index in [2.05, 4.69) is 5.32 Å². The topological polar surface area (TPSA) is 81.4 Å². The largest absolute Gasteiger partial charge is 0.465 e. The van der Waals surface area contributed by atoms with E-state index in [9.17, 15) is 9.59 Å². The number of carbonyl (C=O) groups excluding carboxylic acids is 2. The number of ether oxygens (including phenoxy) is 1. The second-order valence-corrected chi connectivity index (χ2v) is 6.89. The molecule has 0 bridgehead atoms. The van der Waals surface area contributed by atoms with Gasteiger partial charge in [-0.25, -0.2) is 4.79 Å². The van der Waals surface area contributed by atoms with Crippen molar-refractivity contribution >= 4 is 46.2 Å². The summed E-state index contributed by atoms with van der Waals surface area (Å²) < 4.78 is 4.83. The van der Waals surface area contributed by atoms with Crippen molar-refractivity contribution in [3.8, 4) is 10.4 Å². The van der Waals surface area contributed by atoms with E-state index in [-0.39, 0.29) is 11.3 Å². The lowest BCUT2D eigenvalue weighted by atomic mass is 10.1. The van der Waals surface area contributed by atoms with Crippen LogP contribution in [0.5, 0.6) is 0 Å². The number of nitrogens with two attached hydrogens (primary N) is 1. The maximum Gasteiger partial charge on any atom is 0.350 e. The molecule has 3 rings (SSSR count). The number of carbonyl (C=O) groups is 2. The molecule has 1 amide bonds. The summed E-state index contributed by atoms with van der Waals surface area (Å²) in [5, 5.41) is 3.18. The van der Waals surface area contributed by atoms with E-state index < -0.39 is 11.9 Å². The molecule has 3 N–H and O–H groups in total. The first-order chi connectivity index (χ1) is 12.5. The van der Waals surface area contributed by atoms with Crippen molar-refractivity contribution in [1.82, 2.24) is 0 Å². The van der Waals surface area contributed by atoms with E-state index >= 15 is 0 Å². The van der Waals surface area contributed by atoms with Crippen LogP contribution in [0.15, 0.2) is 54.6 Å². The van der Waals surface area contributed by atoms with Gasteiger partial charge in [-0.3, -0.25) is 4.79 Å². The number of esters is 1. The Morgan fingerprint density at radius 2 is 1.85 bits per heavy atom. The zero-order valence-corrected chi connectivity index (χ0v) is 15.4. The Hall–Kier alpha value is -2.83. The monoisotopic (exact) mass is 386 g/mol. The smallest absolute Gasteiger partial charge is 0.350 e. The highest BCUT2D eigenvalue weighted by molar-refractivity contribution is 7.18. The summed E-state index contributed by atoms with van der Waals surface area (Å²) in [6.45, 7) is 0. The van der Waals surface area contributed by atoms with Crippen molar-refractivity contribution in [2.45, 2.75) is 0 Å². The van der Waals surface area contributed by atoms with Crippen molar-refractivity contribution in [2.24, 2.45) is 0 Å². The number of rotatable bonds is 4. The quantitative estimate of drug-likeness (QED) is 0.503. The van der Waals surface area contributed by atoms with Crippen LogP contribution >= 0.6 is 22.9 Å². The van der Waals surface area contributed by atoms with E-state index in [0.29, 0.717) is 15.6 Å². The van der Waals surface area contributed by atoms with Gasteiger partial charge in [0.15, 0.2) is 0 Å². The van der Waals surface area contributed by atoms with E-state index in [4.69, 9.17) is 22.1 Å². The summed E-state index contributed by atoms with van der Waals surface area (Å²) >= 11 is 7.11. The summed E-state index contributed by atoms with van der Waals surface area (Å²) in [7, 11) is 1.30. The summed E-state index contributed by atoms with van der Waals surface area (Å²) in [6, 6.07) is 15.9. The van der Waals surface area contributed by atoms with Crippen LogP contribution in [0.4, 0.5) is 11.4 Å². The fourth-order valence-corrected chi connectivity index (χ4v) is 3.62.